The molecule has 0 aliphatic carbocycles. The maximum atomic E-state index is 13.3. The number of benzene rings is 2. The van der Waals surface area contributed by atoms with Crippen LogP contribution in [0.1, 0.15) is 29.8 Å². The fourth-order valence-corrected chi connectivity index (χ4v) is 3.54. The van der Waals surface area contributed by atoms with E-state index in [9.17, 15) is 4.39 Å². The second kappa shape index (κ2) is 7.31. The third-order valence-corrected chi connectivity index (χ3v) is 4.98. The molecule has 0 saturated heterocycles. The van der Waals surface area contributed by atoms with Crippen LogP contribution in [-0.2, 0) is 0 Å². The number of rotatable bonds is 5. The Kier molecular flexibility index (Phi) is 4.70. The molecule has 0 aliphatic heterocycles. The predicted octanol–water partition coefficient (Wildman–Crippen LogP) is 5.77. The van der Waals surface area contributed by atoms with Gasteiger partial charge in [-0.3, -0.25) is 4.40 Å². The monoisotopic (exact) mass is 371 g/mol. The van der Waals surface area contributed by atoms with E-state index in [0.29, 0.717) is 0 Å². The minimum atomic E-state index is -0.261. The van der Waals surface area contributed by atoms with Gasteiger partial charge in [0.25, 0.3) is 0 Å². The number of hydrogen-bond donors (Lipinski definition) is 1. The topological polar surface area (TPSA) is 29.3 Å². The van der Waals surface area contributed by atoms with Gasteiger partial charge in [0.05, 0.1) is 11.2 Å². The molecule has 1 N–H and O–H groups in total. The summed E-state index contributed by atoms with van der Waals surface area (Å²) >= 11 is 0. The van der Waals surface area contributed by atoms with Crippen LogP contribution in [-0.4, -0.2) is 9.38 Å². The van der Waals surface area contributed by atoms with E-state index in [0.717, 1.165) is 28.3 Å². The lowest BCUT2D eigenvalue weighted by Crippen LogP contribution is -2.17. The largest absolute Gasteiger partial charge is 0.377 e. The fourth-order valence-electron chi connectivity index (χ4n) is 3.54. The summed E-state index contributed by atoms with van der Waals surface area (Å²) in [5.41, 5.74) is 5.82. The number of fused-ring (bicyclic) bond motifs is 1. The van der Waals surface area contributed by atoms with Gasteiger partial charge in [-0.2, -0.15) is 0 Å². The molecule has 0 radical (unpaired) electrons. The number of pyridine rings is 1. The quantitative estimate of drug-likeness (QED) is 0.482. The molecule has 4 heteroatoms. The average Bonchev–Trinajstić information content (AvgIpc) is 3.09. The molecule has 28 heavy (non-hydrogen) atoms. The van der Waals surface area contributed by atoms with Gasteiger partial charge < -0.3 is 5.32 Å². The third-order valence-electron chi connectivity index (χ3n) is 4.98. The molecule has 0 aliphatic rings. The molecule has 0 fully saturated rings. The van der Waals surface area contributed by atoms with Crippen molar-refractivity contribution in [2.75, 3.05) is 0 Å². The first-order valence-corrected chi connectivity index (χ1v) is 9.29. The van der Waals surface area contributed by atoms with Crippen LogP contribution in [0, 0.1) is 12.7 Å². The number of imidazole rings is 1. The minimum absolute atomic E-state index is 0.100. The van der Waals surface area contributed by atoms with E-state index in [4.69, 9.17) is 4.98 Å². The predicted molar refractivity (Wildman–Crippen MR) is 112 cm³/mol. The fraction of sp³-hybridized carbons (Fsp3) is 0.125. The summed E-state index contributed by atoms with van der Waals surface area (Å²) in [6.45, 7) is 8.47. The molecule has 140 valence electrons. The van der Waals surface area contributed by atoms with Gasteiger partial charge in [-0.05, 0) is 61.4 Å². The Balaban J connectivity index is 1.71. The van der Waals surface area contributed by atoms with Crippen molar-refractivity contribution in [2.45, 2.75) is 19.9 Å². The van der Waals surface area contributed by atoms with Crippen molar-refractivity contribution in [1.82, 2.24) is 14.7 Å². The van der Waals surface area contributed by atoms with Crippen molar-refractivity contribution in [1.29, 1.82) is 0 Å². The first-order valence-electron chi connectivity index (χ1n) is 9.29. The SMILES string of the molecule is C=C(NC(C)c1ccccc1C)c1nc(-c2ccc(F)cc2)n2ccccc12. The Hall–Kier alpha value is -3.40. The van der Waals surface area contributed by atoms with Crippen molar-refractivity contribution in [3.8, 4) is 11.4 Å². The Labute approximate surface area is 164 Å². The van der Waals surface area contributed by atoms with Gasteiger partial charge in [-0.25, -0.2) is 9.37 Å². The van der Waals surface area contributed by atoms with Crippen molar-refractivity contribution in [2.24, 2.45) is 0 Å². The highest BCUT2D eigenvalue weighted by Crippen LogP contribution is 2.27. The Morgan fingerprint density at radius 2 is 1.75 bits per heavy atom. The van der Waals surface area contributed by atoms with E-state index in [1.54, 1.807) is 12.1 Å². The zero-order valence-electron chi connectivity index (χ0n) is 16.0. The number of halogens is 1. The highest BCUT2D eigenvalue weighted by Gasteiger charge is 2.17. The van der Waals surface area contributed by atoms with Gasteiger partial charge >= 0.3 is 0 Å². The molecule has 0 amide bonds. The van der Waals surface area contributed by atoms with Crippen LogP contribution in [0.2, 0.25) is 0 Å². The van der Waals surface area contributed by atoms with Crippen LogP contribution in [0.5, 0.6) is 0 Å². The molecule has 4 aromatic rings. The van der Waals surface area contributed by atoms with Crippen molar-refractivity contribution in [3.05, 3.63) is 102 Å². The van der Waals surface area contributed by atoms with Crippen LogP contribution in [0.25, 0.3) is 22.6 Å². The van der Waals surface area contributed by atoms with Gasteiger partial charge in [0.15, 0.2) is 0 Å². The summed E-state index contributed by atoms with van der Waals surface area (Å²) in [4.78, 5) is 4.84. The van der Waals surface area contributed by atoms with E-state index in [1.807, 2.05) is 40.9 Å². The summed E-state index contributed by atoms with van der Waals surface area (Å²) in [6.07, 6.45) is 1.96. The van der Waals surface area contributed by atoms with Crippen molar-refractivity contribution >= 4 is 11.2 Å². The van der Waals surface area contributed by atoms with E-state index >= 15 is 0 Å². The Morgan fingerprint density at radius 1 is 1.04 bits per heavy atom. The van der Waals surface area contributed by atoms with Crippen molar-refractivity contribution in [3.63, 3.8) is 0 Å². The summed E-state index contributed by atoms with van der Waals surface area (Å²) < 4.78 is 15.3. The Morgan fingerprint density at radius 3 is 2.50 bits per heavy atom. The zero-order valence-corrected chi connectivity index (χ0v) is 16.0. The van der Waals surface area contributed by atoms with E-state index in [1.165, 1.54) is 23.3 Å². The number of aryl methyl sites for hydroxylation is 1. The van der Waals surface area contributed by atoms with Gasteiger partial charge in [0, 0.05) is 17.8 Å². The van der Waals surface area contributed by atoms with E-state index in [-0.39, 0.29) is 11.9 Å². The van der Waals surface area contributed by atoms with Gasteiger partial charge in [0.1, 0.15) is 17.3 Å². The molecule has 3 nitrogen and oxygen atoms in total. The van der Waals surface area contributed by atoms with Crippen LogP contribution in [0.4, 0.5) is 4.39 Å². The molecule has 2 aromatic heterocycles. The molecule has 2 aromatic carbocycles. The number of aromatic nitrogens is 2. The molecule has 1 atom stereocenters. The second-order valence-electron chi connectivity index (χ2n) is 6.95. The lowest BCUT2D eigenvalue weighted by Gasteiger charge is -2.18. The number of nitrogens with one attached hydrogen (secondary N) is 1. The molecule has 0 spiro atoms. The first kappa shape index (κ1) is 18.0. The van der Waals surface area contributed by atoms with Gasteiger partial charge in [-0.1, -0.05) is 36.9 Å². The molecular formula is C24H22FN3. The first-order chi connectivity index (χ1) is 13.5. The molecule has 4 rings (SSSR count). The lowest BCUT2D eigenvalue weighted by molar-refractivity contribution is 0.628. The standard InChI is InChI=1S/C24H22FN3/c1-16-8-4-5-9-21(16)17(2)26-18(3)23-22-10-6-7-15-28(22)24(27-23)19-11-13-20(25)14-12-19/h4-15,17,26H,3H2,1-2H3. The minimum Gasteiger partial charge on any atom is -0.377 e. The number of nitrogens with zero attached hydrogens (tertiary/aromatic N) is 2. The zero-order chi connectivity index (χ0) is 19.7. The van der Waals surface area contributed by atoms with Crippen LogP contribution in [0.15, 0.2) is 79.5 Å². The maximum absolute atomic E-state index is 13.3. The van der Waals surface area contributed by atoms with Gasteiger partial charge in [-0.15, -0.1) is 0 Å². The van der Waals surface area contributed by atoms with Crippen LogP contribution < -0.4 is 5.32 Å². The maximum Gasteiger partial charge on any atom is 0.145 e. The Bertz CT molecular complexity index is 1140. The highest BCUT2D eigenvalue weighted by atomic mass is 19.1. The van der Waals surface area contributed by atoms with Crippen molar-refractivity contribution < 1.29 is 4.39 Å². The van der Waals surface area contributed by atoms with Crippen LogP contribution in [0.3, 0.4) is 0 Å². The second-order valence-corrected chi connectivity index (χ2v) is 6.95. The van der Waals surface area contributed by atoms with E-state index in [2.05, 4.69) is 37.9 Å². The summed E-state index contributed by atoms with van der Waals surface area (Å²) in [5, 5.41) is 3.49. The highest BCUT2D eigenvalue weighted by molar-refractivity contribution is 5.78. The summed E-state index contributed by atoms with van der Waals surface area (Å²) in [7, 11) is 0. The van der Waals surface area contributed by atoms with Crippen LogP contribution >= 0.6 is 0 Å². The molecule has 0 bridgehead atoms. The smallest absolute Gasteiger partial charge is 0.145 e. The average molecular weight is 371 g/mol. The lowest BCUT2D eigenvalue weighted by atomic mass is 10.0. The molecule has 1 unspecified atom stereocenters. The number of hydrogen-bond acceptors (Lipinski definition) is 2. The molecule has 2 heterocycles. The summed E-state index contributed by atoms with van der Waals surface area (Å²) in [6, 6.07) is 20.7. The third kappa shape index (κ3) is 3.29. The molecular weight excluding hydrogens is 349 g/mol. The molecule has 0 saturated carbocycles. The summed E-state index contributed by atoms with van der Waals surface area (Å²) in [5.74, 6) is 0.500. The van der Waals surface area contributed by atoms with E-state index < -0.39 is 0 Å². The normalized spacial score (nSPS) is 12.1. The van der Waals surface area contributed by atoms with Gasteiger partial charge in [0.2, 0.25) is 0 Å².